The van der Waals surface area contributed by atoms with Gasteiger partial charge >= 0.3 is 69.4 Å². The summed E-state index contributed by atoms with van der Waals surface area (Å²) in [6.45, 7) is 10.2. The predicted molar refractivity (Wildman–Crippen MR) is 110 cm³/mol. The van der Waals surface area contributed by atoms with Crippen LogP contribution < -0.4 is 56.7 Å². The minimum absolute atomic E-state index is 0. The molecule has 12 nitrogen and oxygen atoms in total. The van der Waals surface area contributed by atoms with E-state index in [4.69, 9.17) is 18.9 Å². The summed E-state index contributed by atoms with van der Waals surface area (Å²) >= 11 is 0. The fourth-order valence-electron chi connectivity index (χ4n) is 1.91. The number of amides is 1. The van der Waals surface area contributed by atoms with E-state index in [9.17, 15) is 27.4 Å². The van der Waals surface area contributed by atoms with Gasteiger partial charge in [-0.1, -0.05) is 33.4 Å². The van der Waals surface area contributed by atoms with Crippen molar-refractivity contribution in [3.05, 3.63) is 25.3 Å². The summed E-state index contributed by atoms with van der Waals surface area (Å²) in [6, 6.07) is 0. The molecular formula is C19H30KNO11S. The average molecular weight is 520 g/mol. The van der Waals surface area contributed by atoms with Crippen molar-refractivity contribution in [3.63, 3.8) is 0 Å². The van der Waals surface area contributed by atoms with Gasteiger partial charge in [-0.25, -0.2) is 22.8 Å². The van der Waals surface area contributed by atoms with Gasteiger partial charge in [-0.3, -0.25) is 4.18 Å². The van der Waals surface area contributed by atoms with Crippen molar-refractivity contribution >= 4 is 28.4 Å². The van der Waals surface area contributed by atoms with Crippen molar-refractivity contribution in [2.75, 3.05) is 33.0 Å². The molecule has 0 saturated heterocycles. The monoisotopic (exact) mass is 519 g/mol. The summed E-state index contributed by atoms with van der Waals surface area (Å²) in [7, 11) is -5.03. The summed E-state index contributed by atoms with van der Waals surface area (Å²) in [5, 5.41) is 2.37. The molecule has 2 atom stereocenters. The Morgan fingerprint density at radius 1 is 1.06 bits per heavy atom. The Morgan fingerprint density at radius 3 is 2.00 bits per heavy atom. The molecule has 0 rings (SSSR count). The molecule has 0 aliphatic heterocycles. The maximum Gasteiger partial charge on any atom is 1.00 e. The van der Waals surface area contributed by atoms with Crippen LogP contribution in [-0.2, 0) is 43.1 Å². The van der Waals surface area contributed by atoms with Crippen LogP contribution in [0, 0.1) is 5.92 Å². The van der Waals surface area contributed by atoms with Crippen molar-refractivity contribution in [2.24, 2.45) is 5.92 Å². The first-order valence-electron chi connectivity index (χ1n) is 9.59. The molecule has 0 radical (unpaired) electrons. The normalized spacial score (nSPS) is 13.0. The quantitative estimate of drug-likeness (QED) is 0.0589. The van der Waals surface area contributed by atoms with Crippen LogP contribution >= 0.6 is 0 Å². The van der Waals surface area contributed by atoms with Crippen LogP contribution in [0.2, 0.25) is 0 Å². The predicted octanol–water partition coefficient (Wildman–Crippen LogP) is -2.16. The van der Waals surface area contributed by atoms with Crippen LogP contribution in [0.5, 0.6) is 0 Å². The molecule has 2 unspecified atom stereocenters. The first kappa shape index (κ1) is 34.3. The minimum Gasteiger partial charge on any atom is -0.726 e. The molecule has 0 heterocycles. The van der Waals surface area contributed by atoms with Gasteiger partial charge in [-0.05, 0) is 12.8 Å². The zero-order chi connectivity index (χ0) is 24.8. The molecule has 0 aromatic rings. The fourth-order valence-corrected chi connectivity index (χ4v) is 2.23. The molecule has 33 heavy (non-hydrogen) atoms. The molecule has 0 saturated carbocycles. The van der Waals surface area contributed by atoms with Gasteiger partial charge in [0, 0.05) is 18.8 Å². The van der Waals surface area contributed by atoms with Crippen LogP contribution in [0.3, 0.4) is 0 Å². The number of nitrogens with one attached hydrogen (secondary N) is 1. The Kier molecular flexibility index (Phi) is 18.3. The molecule has 0 spiro atoms. The van der Waals surface area contributed by atoms with Crippen molar-refractivity contribution < 1.29 is 102 Å². The van der Waals surface area contributed by atoms with Crippen LogP contribution in [0.4, 0.5) is 4.79 Å². The standard InChI is InChI=1S/C19H31NO11S.K/c1-6-14(4)9-27-10-15(11-30-32(24,25)26)31-18(23)20-19(5,12-28-16(21)7-2)13-29-17(22)8-3;/h7-8,14-15H,2-3,6,9-13H2,1,4-5H3,(H,20,23)(H,24,25,26);/q;+1/p-1. The third-order valence-corrected chi connectivity index (χ3v) is 4.30. The molecule has 0 aliphatic carbocycles. The van der Waals surface area contributed by atoms with E-state index < -0.39 is 59.9 Å². The number of rotatable bonds is 16. The van der Waals surface area contributed by atoms with Gasteiger partial charge in [-0.2, -0.15) is 0 Å². The van der Waals surface area contributed by atoms with Gasteiger partial charge in [-0.15, -0.1) is 0 Å². The average Bonchev–Trinajstić information content (AvgIpc) is 2.73. The van der Waals surface area contributed by atoms with E-state index in [0.29, 0.717) is 6.61 Å². The number of alkyl carbamates (subject to hydrolysis) is 1. The first-order chi connectivity index (χ1) is 14.8. The van der Waals surface area contributed by atoms with E-state index in [-0.39, 0.29) is 63.9 Å². The third kappa shape index (κ3) is 18.2. The van der Waals surface area contributed by atoms with E-state index in [1.807, 2.05) is 13.8 Å². The molecule has 1 amide bonds. The van der Waals surface area contributed by atoms with E-state index in [1.165, 1.54) is 6.92 Å². The van der Waals surface area contributed by atoms with Crippen molar-refractivity contribution in [2.45, 2.75) is 38.8 Å². The smallest absolute Gasteiger partial charge is 0.726 e. The summed E-state index contributed by atoms with van der Waals surface area (Å²) in [6.07, 6.45) is 0.280. The molecule has 1 N–H and O–H groups in total. The number of carbonyl (C=O) groups excluding carboxylic acids is 3. The van der Waals surface area contributed by atoms with Crippen molar-refractivity contribution in [1.29, 1.82) is 0 Å². The number of ether oxygens (including phenoxy) is 4. The van der Waals surface area contributed by atoms with Crippen LogP contribution in [-0.4, -0.2) is 75.7 Å². The van der Waals surface area contributed by atoms with Crippen molar-refractivity contribution in [1.82, 2.24) is 5.32 Å². The molecule has 0 fully saturated rings. The van der Waals surface area contributed by atoms with Crippen LogP contribution in [0.25, 0.3) is 0 Å². The van der Waals surface area contributed by atoms with E-state index in [1.54, 1.807) is 0 Å². The SMILES string of the molecule is C=CC(=O)OCC(C)(COC(=O)C=C)NC(=O)OC(COCC(C)CC)COS(=O)(=O)[O-].[K+]. The number of carbonyl (C=O) groups is 3. The minimum atomic E-state index is -5.03. The van der Waals surface area contributed by atoms with Crippen LogP contribution in [0.1, 0.15) is 27.2 Å². The summed E-state index contributed by atoms with van der Waals surface area (Å²) in [5.41, 5.74) is -1.43. The van der Waals surface area contributed by atoms with E-state index >= 15 is 0 Å². The Bertz CT molecular complexity index is 733. The Labute approximate surface area is 236 Å². The third-order valence-electron chi connectivity index (χ3n) is 3.88. The number of esters is 2. The van der Waals surface area contributed by atoms with E-state index in [0.717, 1.165) is 18.6 Å². The summed E-state index contributed by atoms with van der Waals surface area (Å²) < 4.78 is 56.7. The largest absolute Gasteiger partial charge is 1.00 e. The molecule has 0 aliphatic rings. The Balaban J connectivity index is 0. The molecule has 0 bridgehead atoms. The van der Waals surface area contributed by atoms with Gasteiger partial charge in [0.15, 0.2) is 6.10 Å². The maximum atomic E-state index is 12.4. The summed E-state index contributed by atoms with van der Waals surface area (Å²) in [4.78, 5) is 35.1. The van der Waals surface area contributed by atoms with E-state index in [2.05, 4.69) is 22.7 Å². The Hall–Kier alpha value is -0.844. The molecule has 184 valence electrons. The fraction of sp³-hybridized carbons (Fsp3) is 0.632. The second-order valence-corrected chi connectivity index (χ2v) is 8.13. The molecular weight excluding hydrogens is 489 g/mol. The van der Waals surface area contributed by atoms with Gasteiger partial charge in [0.2, 0.25) is 10.4 Å². The van der Waals surface area contributed by atoms with Crippen molar-refractivity contribution in [3.8, 4) is 0 Å². The zero-order valence-corrected chi connectivity index (χ0v) is 23.3. The maximum absolute atomic E-state index is 12.4. The second-order valence-electron chi connectivity index (χ2n) is 7.08. The molecule has 14 heteroatoms. The van der Waals surface area contributed by atoms with Gasteiger partial charge in [0.25, 0.3) is 0 Å². The Morgan fingerprint density at radius 2 is 1.58 bits per heavy atom. The van der Waals surface area contributed by atoms with Gasteiger partial charge in [0.05, 0.1) is 6.61 Å². The topological polar surface area (TPSA) is 167 Å². The number of hydrogen-bond acceptors (Lipinski definition) is 11. The molecule has 0 aromatic heterocycles. The second kappa shape index (κ2) is 17.6. The molecule has 0 aromatic carbocycles. The zero-order valence-electron chi connectivity index (χ0n) is 19.4. The number of hydrogen-bond donors (Lipinski definition) is 1. The van der Waals surface area contributed by atoms with Gasteiger partial charge < -0.3 is 28.8 Å². The summed E-state index contributed by atoms with van der Waals surface area (Å²) in [5.74, 6) is -1.38. The van der Waals surface area contributed by atoms with Gasteiger partial charge in [0.1, 0.15) is 25.4 Å². The first-order valence-corrected chi connectivity index (χ1v) is 10.9. The van der Waals surface area contributed by atoms with Crippen LogP contribution in [0.15, 0.2) is 25.3 Å².